The van der Waals surface area contributed by atoms with E-state index < -0.39 is 5.97 Å². The number of carbonyl (C=O) groups is 2. The Balaban J connectivity index is 1.94. The zero-order valence-corrected chi connectivity index (χ0v) is 15.9. The summed E-state index contributed by atoms with van der Waals surface area (Å²) in [5, 5.41) is 12.7. The number of fused-ring (bicyclic) bond motifs is 1. The first kappa shape index (κ1) is 17.5. The van der Waals surface area contributed by atoms with Gasteiger partial charge in [-0.25, -0.2) is 4.79 Å². The van der Waals surface area contributed by atoms with Gasteiger partial charge in [-0.3, -0.25) is 4.79 Å². The van der Waals surface area contributed by atoms with Crippen molar-refractivity contribution in [1.29, 1.82) is 0 Å². The minimum Gasteiger partial charge on any atom is -0.477 e. The number of amides is 1. The molecule has 0 radical (unpaired) electrons. The third-order valence-electron chi connectivity index (χ3n) is 4.88. The molecule has 1 aliphatic heterocycles. The van der Waals surface area contributed by atoms with Crippen molar-refractivity contribution in [3.05, 3.63) is 75.0 Å². The molecule has 1 aliphatic rings. The van der Waals surface area contributed by atoms with E-state index in [9.17, 15) is 14.7 Å². The van der Waals surface area contributed by atoms with Gasteiger partial charge in [0.15, 0.2) is 0 Å². The summed E-state index contributed by atoms with van der Waals surface area (Å²) in [6.45, 7) is 4.00. The molecular weight excluding hydrogens is 358 g/mol. The van der Waals surface area contributed by atoms with Crippen LogP contribution in [0.25, 0.3) is 11.1 Å². The van der Waals surface area contributed by atoms with Gasteiger partial charge in [0, 0.05) is 22.8 Å². The number of nitrogens with one attached hydrogen (secondary N) is 1. The number of rotatable bonds is 3. The van der Waals surface area contributed by atoms with Crippen LogP contribution in [0.15, 0.2) is 48.5 Å². The maximum Gasteiger partial charge on any atom is 0.346 e. The molecular formula is C22H19NO3S. The van der Waals surface area contributed by atoms with Gasteiger partial charge in [-0.05, 0) is 25.0 Å². The number of aryl methyl sites for hydroxylation is 2. The Labute approximate surface area is 161 Å². The third-order valence-corrected chi connectivity index (χ3v) is 6.18. The average Bonchev–Trinajstić information content (AvgIpc) is 3.01. The van der Waals surface area contributed by atoms with Gasteiger partial charge in [-0.15, -0.1) is 11.3 Å². The Morgan fingerprint density at radius 3 is 2.52 bits per heavy atom. The van der Waals surface area contributed by atoms with E-state index in [0.29, 0.717) is 17.7 Å². The summed E-state index contributed by atoms with van der Waals surface area (Å²) < 4.78 is 0. The third kappa shape index (κ3) is 3.15. The molecule has 2 heterocycles. The second-order valence-corrected chi connectivity index (χ2v) is 7.99. The molecule has 1 aromatic heterocycles. The van der Waals surface area contributed by atoms with Gasteiger partial charge in [0.1, 0.15) is 4.88 Å². The fourth-order valence-electron chi connectivity index (χ4n) is 3.59. The Morgan fingerprint density at radius 2 is 1.85 bits per heavy atom. The van der Waals surface area contributed by atoms with Crippen LogP contribution in [0.5, 0.6) is 0 Å². The quantitative estimate of drug-likeness (QED) is 0.659. The van der Waals surface area contributed by atoms with Crippen molar-refractivity contribution in [3.63, 3.8) is 0 Å². The van der Waals surface area contributed by atoms with E-state index in [1.54, 1.807) is 0 Å². The molecule has 5 heteroatoms. The highest BCUT2D eigenvalue weighted by molar-refractivity contribution is 7.15. The lowest BCUT2D eigenvalue weighted by Gasteiger charge is -2.24. The number of hydrogen-bond donors (Lipinski definition) is 2. The summed E-state index contributed by atoms with van der Waals surface area (Å²) in [5.41, 5.74) is 5.31. The van der Waals surface area contributed by atoms with Gasteiger partial charge < -0.3 is 10.4 Å². The number of carboxylic acids is 1. The van der Waals surface area contributed by atoms with Gasteiger partial charge in [0.05, 0.1) is 5.69 Å². The lowest BCUT2D eigenvalue weighted by molar-refractivity contribution is -0.116. The number of carboxylic acid groups (broad SMARTS) is 1. The molecule has 4 nitrogen and oxygen atoms in total. The van der Waals surface area contributed by atoms with Crippen molar-refractivity contribution in [1.82, 2.24) is 0 Å². The molecule has 1 amide bonds. The lowest BCUT2D eigenvalue weighted by atomic mass is 9.88. The van der Waals surface area contributed by atoms with Crippen LogP contribution < -0.4 is 5.32 Å². The Hall–Kier alpha value is -2.92. The topological polar surface area (TPSA) is 66.4 Å². The molecule has 27 heavy (non-hydrogen) atoms. The minimum atomic E-state index is -0.970. The fourth-order valence-corrected chi connectivity index (χ4v) is 4.84. The van der Waals surface area contributed by atoms with Crippen LogP contribution in [0.1, 0.15) is 43.6 Å². The maximum absolute atomic E-state index is 12.5. The van der Waals surface area contributed by atoms with Gasteiger partial charge in [0.25, 0.3) is 0 Å². The van der Waals surface area contributed by atoms with Gasteiger partial charge in [-0.1, -0.05) is 59.7 Å². The maximum atomic E-state index is 12.5. The van der Waals surface area contributed by atoms with Crippen molar-refractivity contribution in [2.24, 2.45) is 0 Å². The first-order valence-corrected chi connectivity index (χ1v) is 9.59. The van der Waals surface area contributed by atoms with E-state index >= 15 is 0 Å². The molecule has 2 aromatic carbocycles. The summed E-state index contributed by atoms with van der Waals surface area (Å²) in [6.07, 6.45) is 0.323. The van der Waals surface area contributed by atoms with Gasteiger partial charge in [-0.2, -0.15) is 0 Å². The van der Waals surface area contributed by atoms with E-state index in [4.69, 9.17) is 0 Å². The summed E-state index contributed by atoms with van der Waals surface area (Å²) in [4.78, 5) is 25.6. The molecule has 0 spiro atoms. The first-order valence-electron chi connectivity index (χ1n) is 8.77. The summed E-state index contributed by atoms with van der Waals surface area (Å²) in [7, 11) is 0. The van der Waals surface area contributed by atoms with Crippen LogP contribution in [0.3, 0.4) is 0 Å². The molecule has 0 aliphatic carbocycles. The average molecular weight is 377 g/mol. The summed E-state index contributed by atoms with van der Waals surface area (Å²) >= 11 is 1.27. The van der Waals surface area contributed by atoms with Crippen molar-refractivity contribution in [3.8, 4) is 11.1 Å². The standard InChI is InChI=1S/C22H19NO3S/c1-12-6-8-14(9-7-12)18-19-20(27-21(18)22(25)26)16(11-17(24)23-19)15-5-3-4-13(2)10-15/h3-10,16H,11H2,1-2H3,(H,23,24)(H,25,26)/t16-/m1/s1. The molecule has 0 saturated carbocycles. The van der Waals surface area contributed by atoms with Gasteiger partial charge in [0.2, 0.25) is 5.91 Å². The van der Waals surface area contributed by atoms with Crippen molar-refractivity contribution >= 4 is 28.9 Å². The molecule has 1 atom stereocenters. The van der Waals surface area contributed by atoms with Crippen LogP contribution in [-0.4, -0.2) is 17.0 Å². The highest BCUT2D eigenvalue weighted by atomic mass is 32.1. The van der Waals surface area contributed by atoms with Crippen LogP contribution >= 0.6 is 11.3 Å². The van der Waals surface area contributed by atoms with Gasteiger partial charge >= 0.3 is 5.97 Å². The number of benzene rings is 2. The Bertz CT molecular complexity index is 1050. The zero-order chi connectivity index (χ0) is 19.1. The summed E-state index contributed by atoms with van der Waals surface area (Å²) in [5.74, 6) is -1.18. The van der Waals surface area contributed by atoms with E-state index in [0.717, 1.165) is 27.1 Å². The van der Waals surface area contributed by atoms with Crippen molar-refractivity contribution < 1.29 is 14.7 Å². The minimum absolute atomic E-state index is 0.0860. The predicted octanol–water partition coefficient (Wildman–Crippen LogP) is 5.20. The van der Waals surface area contributed by atoms with Crippen molar-refractivity contribution in [2.75, 3.05) is 5.32 Å². The number of hydrogen-bond acceptors (Lipinski definition) is 3. The second kappa shape index (κ2) is 6.67. The zero-order valence-electron chi connectivity index (χ0n) is 15.1. The van der Waals surface area contributed by atoms with E-state index in [-0.39, 0.29) is 16.7 Å². The molecule has 0 saturated heterocycles. The smallest absolute Gasteiger partial charge is 0.346 e. The second-order valence-electron chi connectivity index (χ2n) is 6.94. The summed E-state index contributed by atoms with van der Waals surface area (Å²) in [6, 6.07) is 15.8. The van der Waals surface area contributed by atoms with E-state index in [1.807, 2.05) is 56.3 Å². The lowest BCUT2D eigenvalue weighted by Crippen LogP contribution is -2.22. The molecule has 136 valence electrons. The molecule has 3 aromatic rings. The molecule has 0 bridgehead atoms. The van der Waals surface area contributed by atoms with E-state index in [1.165, 1.54) is 11.3 Å². The monoisotopic (exact) mass is 377 g/mol. The van der Waals surface area contributed by atoms with Crippen LogP contribution in [0.4, 0.5) is 5.69 Å². The van der Waals surface area contributed by atoms with Crippen LogP contribution in [0.2, 0.25) is 0 Å². The highest BCUT2D eigenvalue weighted by Crippen LogP contribution is 2.49. The van der Waals surface area contributed by atoms with E-state index in [2.05, 4.69) is 11.4 Å². The first-order chi connectivity index (χ1) is 12.9. The van der Waals surface area contributed by atoms with Crippen LogP contribution in [0, 0.1) is 13.8 Å². The SMILES string of the molecule is Cc1ccc(-c2c(C(=O)O)sc3c2NC(=O)C[C@@H]3c2cccc(C)c2)cc1. The number of anilines is 1. The van der Waals surface area contributed by atoms with Crippen molar-refractivity contribution in [2.45, 2.75) is 26.2 Å². The Morgan fingerprint density at radius 1 is 1.11 bits per heavy atom. The van der Waals surface area contributed by atoms with Crippen LogP contribution in [-0.2, 0) is 4.79 Å². The molecule has 0 unspecified atom stereocenters. The Kier molecular flexibility index (Phi) is 4.32. The fraction of sp³-hybridized carbons (Fsp3) is 0.182. The molecule has 0 fully saturated rings. The highest BCUT2D eigenvalue weighted by Gasteiger charge is 2.34. The normalized spacial score (nSPS) is 15.9. The molecule has 4 rings (SSSR count). The number of aromatic carboxylic acids is 1. The molecule has 2 N–H and O–H groups in total. The number of carbonyl (C=O) groups excluding carboxylic acids is 1. The largest absolute Gasteiger partial charge is 0.477 e. The number of thiophene rings is 1. The predicted molar refractivity (Wildman–Crippen MR) is 108 cm³/mol.